The molecule has 3 aromatic carbocycles. The minimum absolute atomic E-state index is 0.139. The Bertz CT molecular complexity index is 1380. The molecule has 0 aliphatic carbocycles. The summed E-state index contributed by atoms with van der Waals surface area (Å²) < 4.78 is 10.6. The number of amides is 1. The molecule has 1 amide bonds. The molecule has 0 radical (unpaired) electrons. The number of ether oxygens (including phenoxy) is 2. The van der Waals surface area contributed by atoms with Crippen LogP contribution in [0.5, 0.6) is 11.5 Å². The van der Waals surface area contributed by atoms with Crippen molar-refractivity contribution in [2.45, 2.75) is 26.3 Å². The molecule has 1 saturated heterocycles. The van der Waals surface area contributed by atoms with Gasteiger partial charge in [0.05, 0.1) is 24.3 Å². The maximum atomic E-state index is 13.4. The summed E-state index contributed by atoms with van der Waals surface area (Å²) in [6, 6.07) is 17.4. The Kier molecular flexibility index (Phi) is 7.12. The van der Waals surface area contributed by atoms with E-state index in [4.69, 9.17) is 21.1 Å². The van der Waals surface area contributed by atoms with E-state index in [1.54, 1.807) is 48.5 Å². The lowest BCUT2D eigenvalue weighted by molar-refractivity contribution is -0.132. The number of carbonyl (C=O) groups is 3. The number of Topliss-reactive ketones (excluding diaryl/α,β-unsaturated/α-hetero) is 1. The van der Waals surface area contributed by atoms with E-state index in [1.165, 1.54) is 25.0 Å². The van der Waals surface area contributed by atoms with Crippen LogP contribution in [0.3, 0.4) is 0 Å². The number of esters is 1. The molecule has 0 saturated carbocycles. The van der Waals surface area contributed by atoms with Crippen LogP contribution in [0.2, 0.25) is 5.02 Å². The molecule has 184 valence electrons. The van der Waals surface area contributed by atoms with Gasteiger partial charge in [-0.2, -0.15) is 0 Å². The van der Waals surface area contributed by atoms with Gasteiger partial charge in [0.2, 0.25) is 0 Å². The standard InChI is InChI=1S/C28H24ClNO6/c1-4-17-8-11-20(12-9-17)30-25(18-6-5-7-21(14-18)36-16(2)31)24(27(33)28(30)34)26(32)22-15-19(29)10-13-23(22)35-3/h5-15,25,32H,4H2,1-3H3/b26-24+. The molecule has 7 nitrogen and oxygen atoms in total. The largest absolute Gasteiger partial charge is 0.507 e. The SMILES string of the molecule is CCc1ccc(N2C(=O)C(=O)/C(=C(/O)c3cc(Cl)ccc3OC)C2c2cccc(OC(C)=O)c2)cc1. The van der Waals surface area contributed by atoms with Crippen LogP contribution < -0.4 is 14.4 Å². The third-order valence-electron chi connectivity index (χ3n) is 5.92. The second-order valence-electron chi connectivity index (χ2n) is 8.20. The minimum Gasteiger partial charge on any atom is -0.507 e. The van der Waals surface area contributed by atoms with Crippen molar-refractivity contribution in [3.63, 3.8) is 0 Å². The molecular formula is C28H24ClNO6. The van der Waals surface area contributed by atoms with Gasteiger partial charge in [-0.1, -0.05) is 42.8 Å². The summed E-state index contributed by atoms with van der Waals surface area (Å²) in [5, 5.41) is 11.7. The summed E-state index contributed by atoms with van der Waals surface area (Å²) >= 11 is 6.17. The minimum atomic E-state index is -1.00. The maximum Gasteiger partial charge on any atom is 0.308 e. The molecule has 36 heavy (non-hydrogen) atoms. The number of aliphatic hydroxyl groups excluding tert-OH is 1. The molecule has 4 rings (SSSR count). The first kappa shape index (κ1) is 25.0. The van der Waals surface area contributed by atoms with Crippen molar-refractivity contribution in [3.8, 4) is 11.5 Å². The van der Waals surface area contributed by atoms with Crippen molar-refractivity contribution >= 4 is 40.7 Å². The highest BCUT2D eigenvalue weighted by Crippen LogP contribution is 2.44. The van der Waals surface area contributed by atoms with E-state index in [2.05, 4.69) is 0 Å². The van der Waals surface area contributed by atoms with Crippen LogP contribution >= 0.6 is 11.6 Å². The second kappa shape index (κ2) is 10.3. The normalized spacial score (nSPS) is 16.8. The molecule has 1 aliphatic heterocycles. The first-order valence-corrected chi connectivity index (χ1v) is 11.6. The van der Waals surface area contributed by atoms with Gasteiger partial charge in [-0.3, -0.25) is 19.3 Å². The number of aryl methyl sites for hydroxylation is 1. The fourth-order valence-corrected chi connectivity index (χ4v) is 4.40. The van der Waals surface area contributed by atoms with E-state index in [-0.39, 0.29) is 22.6 Å². The predicted molar refractivity (Wildman–Crippen MR) is 136 cm³/mol. The van der Waals surface area contributed by atoms with Crippen molar-refractivity contribution in [1.29, 1.82) is 0 Å². The summed E-state index contributed by atoms with van der Waals surface area (Å²) in [5.41, 5.74) is 2.04. The van der Waals surface area contributed by atoms with Gasteiger partial charge in [0.1, 0.15) is 17.3 Å². The van der Waals surface area contributed by atoms with Gasteiger partial charge in [0.15, 0.2) is 0 Å². The van der Waals surface area contributed by atoms with Crippen LogP contribution in [0.4, 0.5) is 5.69 Å². The Hall–Kier alpha value is -4.10. The van der Waals surface area contributed by atoms with E-state index >= 15 is 0 Å². The molecule has 1 unspecified atom stereocenters. The van der Waals surface area contributed by atoms with Crippen LogP contribution in [0.25, 0.3) is 5.76 Å². The third kappa shape index (κ3) is 4.70. The van der Waals surface area contributed by atoms with Crippen LogP contribution in [-0.2, 0) is 20.8 Å². The van der Waals surface area contributed by atoms with Crippen molar-refractivity contribution < 1.29 is 29.0 Å². The summed E-state index contributed by atoms with van der Waals surface area (Å²) in [4.78, 5) is 39.6. The Morgan fingerprint density at radius 3 is 2.42 bits per heavy atom. The highest BCUT2D eigenvalue weighted by molar-refractivity contribution is 6.51. The topological polar surface area (TPSA) is 93.1 Å². The number of benzene rings is 3. The smallest absolute Gasteiger partial charge is 0.308 e. The zero-order valence-corrected chi connectivity index (χ0v) is 20.7. The number of aliphatic hydroxyl groups is 1. The first-order chi connectivity index (χ1) is 17.2. The average molecular weight is 506 g/mol. The van der Waals surface area contributed by atoms with Crippen molar-refractivity contribution in [3.05, 3.63) is 94.0 Å². The van der Waals surface area contributed by atoms with Gasteiger partial charge >= 0.3 is 5.97 Å². The Morgan fingerprint density at radius 2 is 1.78 bits per heavy atom. The van der Waals surface area contributed by atoms with Crippen LogP contribution in [0, 0.1) is 0 Å². The van der Waals surface area contributed by atoms with Crippen molar-refractivity contribution in [2.75, 3.05) is 12.0 Å². The van der Waals surface area contributed by atoms with E-state index < -0.39 is 29.5 Å². The summed E-state index contributed by atoms with van der Waals surface area (Å²) in [6.45, 7) is 3.29. The Labute approximate surface area is 213 Å². The quantitative estimate of drug-likeness (QED) is 0.157. The van der Waals surface area contributed by atoms with Gasteiger partial charge in [-0.05, 0) is 60.0 Å². The molecule has 1 N–H and O–H groups in total. The lowest BCUT2D eigenvalue weighted by Crippen LogP contribution is -2.29. The highest BCUT2D eigenvalue weighted by atomic mass is 35.5. The van der Waals surface area contributed by atoms with Crippen LogP contribution in [-0.4, -0.2) is 29.9 Å². The third-order valence-corrected chi connectivity index (χ3v) is 6.15. The highest BCUT2D eigenvalue weighted by Gasteiger charge is 2.47. The summed E-state index contributed by atoms with van der Waals surface area (Å²) in [5.74, 6) is -2.08. The summed E-state index contributed by atoms with van der Waals surface area (Å²) in [7, 11) is 1.42. The number of rotatable bonds is 6. The average Bonchev–Trinajstić information content (AvgIpc) is 3.13. The number of anilines is 1. The molecule has 1 aliphatic rings. The zero-order valence-electron chi connectivity index (χ0n) is 19.9. The fraction of sp³-hybridized carbons (Fsp3) is 0.179. The number of methoxy groups -OCH3 is 1. The van der Waals surface area contributed by atoms with Crippen molar-refractivity contribution in [1.82, 2.24) is 0 Å². The fourth-order valence-electron chi connectivity index (χ4n) is 4.23. The van der Waals surface area contributed by atoms with Gasteiger partial charge in [0, 0.05) is 17.6 Å². The lowest BCUT2D eigenvalue weighted by Gasteiger charge is -2.26. The lowest BCUT2D eigenvalue weighted by atomic mass is 9.94. The van der Waals surface area contributed by atoms with Gasteiger partial charge in [0.25, 0.3) is 11.7 Å². The number of hydrogen-bond acceptors (Lipinski definition) is 6. The predicted octanol–water partition coefficient (Wildman–Crippen LogP) is 5.46. The van der Waals surface area contributed by atoms with E-state index in [1.807, 2.05) is 19.1 Å². The summed E-state index contributed by atoms with van der Waals surface area (Å²) in [6.07, 6.45) is 0.807. The van der Waals surface area contributed by atoms with Gasteiger partial charge < -0.3 is 14.6 Å². The molecule has 1 heterocycles. The van der Waals surface area contributed by atoms with Crippen molar-refractivity contribution in [2.24, 2.45) is 0 Å². The van der Waals surface area contributed by atoms with Gasteiger partial charge in [-0.25, -0.2) is 0 Å². The Balaban J connectivity index is 1.97. The molecule has 1 fully saturated rings. The molecular weight excluding hydrogens is 482 g/mol. The number of carbonyl (C=O) groups excluding carboxylic acids is 3. The second-order valence-corrected chi connectivity index (χ2v) is 8.64. The molecule has 0 bridgehead atoms. The first-order valence-electron chi connectivity index (χ1n) is 11.3. The number of ketones is 1. The molecule has 8 heteroatoms. The maximum absolute atomic E-state index is 13.4. The molecule has 0 spiro atoms. The Morgan fingerprint density at radius 1 is 1.06 bits per heavy atom. The van der Waals surface area contributed by atoms with Crippen LogP contribution in [0.1, 0.15) is 36.6 Å². The van der Waals surface area contributed by atoms with Crippen LogP contribution in [0.15, 0.2) is 72.3 Å². The van der Waals surface area contributed by atoms with E-state index in [0.717, 1.165) is 12.0 Å². The molecule has 0 aromatic heterocycles. The number of hydrogen-bond donors (Lipinski definition) is 1. The number of halogens is 1. The molecule has 1 atom stereocenters. The monoisotopic (exact) mass is 505 g/mol. The van der Waals surface area contributed by atoms with Gasteiger partial charge in [-0.15, -0.1) is 0 Å². The zero-order chi connectivity index (χ0) is 26.0. The molecule has 3 aromatic rings. The number of nitrogens with zero attached hydrogens (tertiary/aromatic N) is 1. The van der Waals surface area contributed by atoms with E-state index in [9.17, 15) is 19.5 Å². The van der Waals surface area contributed by atoms with E-state index in [0.29, 0.717) is 16.3 Å².